The van der Waals surface area contributed by atoms with Crippen LogP contribution in [0.1, 0.15) is 41.9 Å². The molecule has 0 aromatic heterocycles. The second kappa shape index (κ2) is 6.02. The van der Waals surface area contributed by atoms with Crippen molar-refractivity contribution in [1.29, 1.82) is 0 Å². The highest BCUT2D eigenvalue weighted by molar-refractivity contribution is 6.01. The predicted molar refractivity (Wildman–Crippen MR) is 95.4 cm³/mol. The van der Waals surface area contributed by atoms with E-state index >= 15 is 0 Å². The van der Waals surface area contributed by atoms with Crippen molar-refractivity contribution in [2.75, 3.05) is 12.1 Å². The number of ketones is 1. The van der Waals surface area contributed by atoms with E-state index in [4.69, 9.17) is 9.47 Å². The van der Waals surface area contributed by atoms with Gasteiger partial charge in [0.05, 0.1) is 5.56 Å². The second-order valence-corrected chi connectivity index (χ2v) is 7.14. The van der Waals surface area contributed by atoms with Gasteiger partial charge in [-0.25, -0.2) is 0 Å². The molecule has 1 N–H and O–H groups in total. The Kier molecular flexibility index (Phi) is 3.69. The highest BCUT2D eigenvalue weighted by Crippen LogP contribution is 2.49. The first kappa shape index (κ1) is 17.2. The molecule has 2 aliphatic heterocycles. The zero-order valence-corrected chi connectivity index (χ0v) is 14.7. The van der Waals surface area contributed by atoms with Gasteiger partial charge in [-0.1, -0.05) is 12.1 Å². The molecule has 0 fully saturated rings. The van der Waals surface area contributed by atoms with Gasteiger partial charge in [0.25, 0.3) is 0 Å². The normalized spacial score (nSPS) is 20.5. The summed E-state index contributed by atoms with van der Waals surface area (Å²) in [5.74, 6) is 0.783. The molecule has 2 heterocycles. The van der Waals surface area contributed by atoms with Crippen molar-refractivity contribution >= 4 is 11.5 Å². The van der Waals surface area contributed by atoms with Gasteiger partial charge in [-0.3, -0.25) is 4.79 Å². The molecule has 0 spiro atoms. The van der Waals surface area contributed by atoms with E-state index in [9.17, 15) is 18.0 Å². The number of nitrogens with one attached hydrogen (secondary N) is 1. The number of allylic oxidation sites excluding steroid dienone is 2. The van der Waals surface area contributed by atoms with Crippen LogP contribution in [0.3, 0.4) is 0 Å². The van der Waals surface area contributed by atoms with E-state index in [-0.39, 0.29) is 12.6 Å². The standard InChI is InChI=1S/C21H16F3NO3/c22-21(23,24)12-6-4-11(5-7-12)19-13-8-17-18(28-10-27-17)9-15(13)25-14-2-1-3-16(26)20(14)19/h4-9,19,25H,1-3,10H2/t19-/m1/s1. The van der Waals surface area contributed by atoms with Gasteiger partial charge in [0.2, 0.25) is 6.79 Å². The Morgan fingerprint density at radius 3 is 2.43 bits per heavy atom. The lowest BCUT2D eigenvalue weighted by Crippen LogP contribution is -2.26. The minimum Gasteiger partial charge on any atom is -0.454 e. The summed E-state index contributed by atoms with van der Waals surface area (Å²) in [7, 11) is 0. The summed E-state index contributed by atoms with van der Waals surface area (Å²) >= 11 is 0. The Labute approximate surface area is 159 Å². The molecule has 2 aromatic rings. The number of benzene rings is 2. The van der Waals surface area contributed by atoms with Crippen LogP contribution in [0.5, 0.6) is 11.5 Å². The molecule has 0 saturated heterocycles. The number of fused-ring (bicyclic) bond motifs is 2. The van der Waals surface area contributed by atoms with Crippen molar-refractivity contribution in [1.82, 2.24) is 0 Å². The number of carbonyl (C=O) groups excluding carboxylic acids is 1. The maximum atomic E-state index is 13.0. The van der Waals surface area contributed by atoms with Gasteiger partial charge in [0.15, 0.2) is 17.3 Å². The largest absolute Gasteiger partial charge is 0.454 e. The molecule has 7 heteroatoms. The number of Topliss-reactive ketones (excluding diaryl/α,β-unsaturated/α-hetero) is 1. The maximum Gasteiger partial charge on any atom is 0.416 e. The Morgan fingerprint density at radius 2 is 1.71 bits per heavy atom. The van der Waals surface area contributed by atoms with Gasteiger partial charge < -0.3 is 14.8 Å². The quantitative estimate of drug-likeness (QED) is 0.748. The Bertz CT molecular complexity index is 1010. The van der Waals surface area contributed by atoms with E-state index in [1.807, 2.05) is 12.1 Å². The SMILES string of the molecule is O=C1CCCC2=C1[C@H](c1ccc(C(F)(F)F)cc1)c1cc3c(cc1N2)OCO3. The fourth-order valence-electron chi connectivity index (χ4n) is 4.16. The van der Waals surface area contributed by atoms with E-state index in [1.165, 1.54) is 12.1 Å². The topological polar surface area (TPSA) is 47.6 Å². The van der Waals surface area contributed by atoms with Crippen LogP contribution >= 0.6 is 0 Å². The monoisotopic (exact) mass is 387 g/mol. The number of rotatable bonds is 1. The minimum absolute atomic E-state index is 0.0296. The average molecular weight is 387 g/mol. The summed E-state index contributed by atoms with van der Waals surface area (Å²) in [6, 6.07) is 8.70. The van der Waals surface area contributed by atoms with E-state index in [2.05, 4.69) is 5.32 Å². The molecule has 3 aliphatic rings. The van der Waals surface area contributed by atoms with Crippen molar-refractivity contribution in [2.45, 2.75) is 31.4 Å². The number of carbonyl (C=O) groups is 1. The van der Waals surface area contributed by atoms with E-state index in [0.717, 1.165) is 41.9 Å². The molecule has 0 bridgehead atoms. The first-order valence-electron chi connectivity index (χ1n) is 9.06. The molecule has 28 heavy (non-hydrogen) atoms. The summed E-state index contributed by atoms with van der Waals surface area (Å²) in [5.41, 5.74) is 3.02. The molecular formula is C21H16F3NO3. The third-order valence-corrected chi connectivity index (χ3v) is 5.46. The lowest BCUT2D eigenvalue weighted by molar-refractivity contribution is -0.137. The Hall–Kier alpha value is -2.96. The molecule has 0 radical (unpaired) electrons. The first-order chi connectivity index (χ1) is 13.4. The van der Waals surface area contributed by atoms with Crippen LogP contribution in [0.15, 0.2) is 47.7 Å². The molecule has 5 rings (SSSR count). The highest BCUT2D eigenvalue weighted by atomic mass is 19.4. The molecular weight excluding hydrogens is 371 g/mol. The lowest BCUT2D eigenvalue weighted by Gasteiger charge is -2.34. The van der Waals surface area contributed by atoms with Gasteiger partial charge in [0, 0.05) is 35.4 Å². The maximum absolute atomic E-state index is 13.0. The number of halogens is 3. The van der Waals surface area contributed by atoms with Crippen molar-refractivity contribution < 1.29 is 27.4 Å². The van der Waals surface area contributed by atoms with E-state index in [0.29, 0.717) is 29.1 Å². The molecule has 0 unspecified atom stereocenters. The van der Waals surface area contributed by atoms with E-state index < -0.39 is 17.7 Å². The number of alkyl halides is 3. The van der Waals surface area contributed by atoms with Gasteiger partial charge >= 0.3 is 6.18 Å². The zero-order valence-electron chi connectivity index (χ0n) is 14.7. The smallest absolute Gasteiger partial charge is 0.416 e. The Balaban J connectivity index is 1.67. The van der Waals surface area contributed by atoms with Crippen LogP contribution in [0.25, 0.3) is 0 Å². The molecule has 144 valence electrons. The fraction of sp³-hybridized carbons (Fsp3) is 0.286. The zero-order chi connectivity index (χ0) is 19.5. The van der Waals surface area contributed by atoms with Crippen LogP contribution in [0.2, 0.25) is 0 Å². The number of hydrogen-bond donors (Lipinski definition) is 1. The summed E-state index contributed by atoms with van der Waals surface area (Å²) in [5, 5.41) is 3.34. The third kappa shape index (κ3) is 2.65. The molecule has 4 nitrogen and oxygen atoms in total. The van der Waals surface area contributed by atoms with Crippen LogP contribution < -0.4 is 14.8 Å². The molecule has 0 saturated carbocycles. The van der Waals surface area contributed by atoms with Gasteiger partial charge in [0.1, 0.15) is 0 Å². The molecule has 2 aromatic carbocycles. The first-order valence-corrected chi connectivity index (χ1v) is 9.06. The van der Waals surface area contributed by atoms with Crippen molar-refractivity contribution in [3.05, 3.63) is 64.4 Å². The van der Waals surface area contributed by atoms with Gasteiger partial charge in [-0.05, 0) is 42.2 Å². The number of anilines is 1. The average Bonchev–Trinajstić information content (AvgIpc) is 3.11. The third-order valence-electron chi connectivity index (χ3n) is 5.46. The highest BCUT2D eigenvalue weighted by Gasteiger charge is 2.37. The number of ether oxygens (including phenoxy) is 2. The summed E-state index contributed by atoms with van der Waals surface area (Å²) in [6.45, 7) is 0.120. The van der Waals surface area contributed by atoms with Crippen LogP contribution in [0.4, 0.5) is 18.9 Å². The van der Waals surface area contributed by atoms with Crippen molar-refractivity contribution in [2.24, 2.45) is 0 Å². The predicted octanol–water partition coefficient (Wildman–Crippen LogP) is 5.00. The summed E-state index contributed by atoms with van der Waals surface area (Å²) in [6.07, 6.45) is -2.48. The van der Waals surface area contributed by atoms with E-state index in [1.54, 1.807) is 0 Å². The second-order valence-electron chi connectivity index (χ2n) is 7.14. The van der Waals surface area contributed by atoms with Gasteiger partial charge in [-0.15, -0.1) is 0 Å². The molecule has 1 aliphatic carbocycles. The van der Waals surface area contributed by atoms with Crippen LogP contribution in [-0.4, -0.2) is 12.6 Å². The van der Waals surface area contributed by atoms with Crippen molar-refractivity contribution in [3.8, 4) is 11.5 Å². The lowest BCUT2D eigenvalue weighted by atomic mass is 9.75. The Morgan fingerprint density at radius 1 is 1.00 bits per heavy atom. The summed E-state index contributed by atoms with van der Waals surface area (Å²) < 4.78 is 49.9. The van der Waals surface area contributed by atoms with Crippen molar-refractivity contribution in [3.63, 3.8) is 0 Å². The molecule has 1 atom stereocenters. The number of hydrogen-bond acceptors (Lipinski definition) is 4. The fourth-order valence-corrected chi connectivity index (χ4v) is 4.16. The van der Waals surface area contributed by atoms with Gasteiger partial charge in [-0.2, -0.15) is 13.2 Å². The van der Waals surface area contributed by atoms with Crippen LogP contribution in [0, 0.1) is 0 Å². The minimum atomic E-state index is -4.40. The molecule has 0 amide bonds. The summed E-state index contributed by atoms with van der Waals surface area (Å²) in [4.78, 5) is 12.7. The van der Waals surface area contributed by atoms with Crippen LogP contribution in [-0.2, 0) is 11.0 Å².